The maximum atomic E-state index is 11.6. The summed E-state index contributed by atoms with van der Waals surface area (Å²) in [6, 6.07) is 7.42. The normalized spacial score (nSPS) is 10.2. The highest BCUT2D eigenvalue weighted by atomic mass is 35.5. The van der Waals surface area contributed by atoms with E-state index in [0.29, 0.717) is 18.0 Å². The van der Waals surface area contributed by atoms with Gasteiger partial charge in [-0.2, -0.15) is 0 Å². The van der Waals surface area contributed by atoms with Gasteiger partial charge in [0, 0.05) is 18.1 Å². The minimum Gasteiger partial charge on any atom is -0.355 e. The van der Waals surface area contributed by atoms with Crippen LogP contribution < -0.4 is 10.6 Å². The molecule has 1 amide bonds. The van der Waals surface area contributed by atoms with Gasteiger partial charge in [-0.15, -0.1) is 0 Å². The molecule has 0 saturated heterocycles. The number of carbonyl (C=O) groups is 1. The van der Waals surface area contributed by atoms with Gasteiger partial charge in [-0.3, -0.25) is 4.79 Å². The van der Waals surface area contributed by atoms with Crippen molar-refractivity contribution in [3.05, 3.63) is 34.9 Å². The van der Waals surface area contributed by atoms with Crippen molar-refractivity contribution in [2.75, 3.05) is 19.6 Å². The summed E-state index contributed by atoms with van der Waals surface area (Å²) in [4.78, 5) is 11.6. The molecule has 0 spiro atoms. The molecular weight excluding hydrogens is 236 g/mol. The van der Waals surface area contributed by atoms with Gasteiger partial charge in [0.15, 0.2) is 0 Å². The second-order valence-corrected chi connectivity index (χ2v) is 4.28. The summed E-state index contributed by atoms with van der Waals surface area (Å²) in [5, 5.41) is 6.73. The summed E-state index contributed by atoms with van der Waals surface area (Å²) < 4.78 is 0. The highest BCUT2D eigenvalue weighted by Crippen LogP contribution is 2.14. The van der Waals surface area contributed by atoms with Crippen LogP contribution in [0.2, 0.25) is 5.02 Å². The first-order chi connectivity index (χ1) is 8.24. The number of nitrogens with one attached hydrogen (secondary N) is 2. The first kappa shape index (κ1) is 14.0. The first-order valence-corrected chi connectivity index (χ1v) is 6.32. The highest BCUT2D eigenvalue weighted by molar-refractivity contribution is 6.31. The van der Waals surface area contributed by atoms with Crippen LogP contribution >= 0.6 is 11.6 Å². The summed E-state index contributed by atoms with van der Waals surface area (Å²) in [7, 11) is 0. The molecule has 3 nitrogen and oxygen atoms in total. The quantitative estimate of drug-likeness (QED) is 0.731. The Kier molecular flexibility index (Phi) is 6.67. The number of halogens is 1. The average molecular weight is 255 g/mol. The molecule has 0 atom stereocenters. The van der Waals surface area contributed by atoms with E-state index in [9.17, 15) is 4.79 Å². The zero-order chi connectivity index (χ0) is 12.5. The molecule has 17 heavy (non-hydrogen) atoms. The molecule has 0 radical (unpaired) electrons. The molecule has 2 N–H and O–H groups in total. The predicted molar refractivity (Wildman–Crippen MR) is 71.3 cm³/mol. The van der Waals surface area contributed by atoms with E-state index in [1.165, 1.54) is 0 Å². The molecule has 0 fully saturated rings. The van der Waals surface area contributed by atoms with Crippen molar-refractivity contribution in [1.82, 2.24) is 10.6 Å². The Morgan fingerprint density at radius 1 is 1.24 bits per heavy atom. The lowest BCUT2D eigenvalue weighted by Crippen LogP contribution is -2.33. The van der Waals surface area contributed by atoms with Gasteiger partial charge in [-0.25, -0.2) is 0 Å². The molecule has 0 unspecified atom stereocenters. The lowest BCUT2D eigenvalue weighted by Gasteiger charge is -2.07. The van der Waals surface area contributed by atoms with Crippen molar-refractivity contribution in [3.63, 3.8) is 0 Å². The van der Waals surface area contributed by atoms with Crippen molar-refractivity contribution in [2.45, 2.75) is 19.8 Å². The van der Waals surface area contributed by atoms with Gasteiger partial charge >= 0.3 is 0 Å². The highest BCUT2D eigenvalue weighted by Gasteiger charge is 2.05. The first-order valence-electron chi connectivity index (χ1n) is 5.95. The van der Waals surface area contributed by atoms with Crippen LogP contribution in [0.25, 0.3) is 0 Å². The van der Waals surface area contributed by atoms with Crippen molar-refractivity contribution in [3.8, 4) is 0 Å². The van der Waals surface area contributed by atoms with Crippen LogP contribution in [-0.4, -0.2) is 25.5 Å². The molecule has 0 heterocycles. The molecule has 4 heteroatoms. The molecule has 0 aliphatic rings. The topological polar surface area (TPSA) is 41.1 Å². The van der Waals surface area contributed by atoms with Crippen LogP contribution in [0, 0.1) is 0 Å². The molecule has 0 saturated carbocycles. The fourth-order valence-corrected chi connectivity index (χ4v) is 1.67. The van der Waals surface area contributed by atoms with Crippen LogP contribution in [0.4, 0.5) is 0 Å². The van der Waals surface area contributed by atoms with Crippen LogP contribution in [0.5, 0.6) is 0 Å². The molecule has 1 rings (SSSR count). The van der Waals surface area contributed by atoms with Crippen LogP contribution in [0.1, 0.15) is 18.9 Å². The Labute approximate surface area is 108 Å². The smallest absolute Gasteiger partial charge is 0.224 e. The van der Waals surface area contributed by atoms with E-state index in [2.05, 4.69) is 17.6 Å². The van der Waals surface area contributed by atoms with Gasteiger partial charge in [0.25, 0.3) is 0 Å². The van der Waals surface area contributed by atoms with Crippen molar-refractivity contribution >= 4 is 17.5 Å². The van der Waals surface area contributed by atoms with E-state index in [-0.39, 0.29) is 5.91 Å². The summed E-state index contributed by atoms with van der Waals surface area (Å²) >= 11 is 5.98. The van der Waals surface area contributed by atoms with Crippen LogP contribution in [-0.2, 0) is 11.2 Å². The second-order valence-electron chi connectivity index (χ2n) is 3.87. The molecular formula is C13H19ClN2O. The van der Waals surface area contributed by atoms with Crippen molar-refractivity contribution in [1.29, 1.82) is 0 Å². The summed E-state index contributed by atoms with van der Waals surface area (Å²) in [6.07, 6.45) is 1.45. The predicted octanol–water partition coefficient (Wildman–Crippen LogP) is 2.00. The Morgan fingerprint density at radius 3 is 2.71 bits per heavy atom. The standard InChI is InChI=1S/C13H19ClN2O/c1-2-7-15-8-9-16-13(17)10-11-5-3-4-6-12(11)14/h3-6,15H,2,7-10H2,1H3,(H,16,17). The van der Waals surface area contributed by atoms with E-state index in [4.69, 9.17) is 11.6 Å². The lowest BCUT2D eigenvalue weighted by atomic mass is 10.1. The number of rotatable bonds is 7. The fraction of sp³-hybridized carbons (Fsp3) is 0.462. The Balaban J connectivity index is 2.23. The number of benzene rings is 1. The number of amides is 1. The molecule has 0 aromatic heterocycles. The fourth-order valence-electron chi connectivity index (χ4n) is 1.47. The molecule has 1 aromatic carbocycles. The average Bonchev–Trinajstić information content (AvgIpc) is 2.32. The van der Waals surface area contributed by atoms with Crippen molar-refractivity contribution in [2.24, 2.45) is 0 Å². The largest absolute Gasteiger partial charge is 0.355 e. The molecule has 0 aliphatic heterocycles. The van der Waals surface area contributed by atoms with Crippen LogP contribution in [0.15, 0.2) is 24.3 Å². The van der Waals surface area contributed by atoms with E-state index < -0.39 is 0 Å². The second kappa shape index (κ2) is 8.09. The minimum absolute atomic E-state index is 0.0106. The van der Waals surface area contributed by atoms with E-state index in [1.807, 2.05) is 18.2 Å². The number of carbonyl (C=O) groups excluding carboxylic acids is 1. The SMILES string of the molecule is CCCNCCNC(=O)Cc1ccccc1Cl. The van der Waals surface area contributed by atoms with Gasteiger partial charge in [0.05, 0.1) is 6.42 Å². The number of hydrogen-bond acceptors (Lipinski definition) is 2. The van der Waals surface area contributed by atoms with Gasteiger partial charge < -0.3 is 10.6 Å². The van der Waals surface area contributed by atoms with E-state index in [0.717, 1.165) is 25.1 Å². The molecule has 0 aliphatic carbocycles. The monoisotopic (exact) mass is 254 g/mol. The third kappa shape index (κ3) is 5.71. The maximum absolute atomic E-state index is 11.6. The zero-order valence-electron chi connectivity index (χ0n) is 10.1. The Hall–Kier alpha value is -1.06. The minimum atomic E-state index is 0.0106. The van der Waals surface area contributed by atoms with Crippen molar-refractivity contribution < 1.29 is 4.79 Å². The number of hydrogen-bond donors (Lipinski definition) is 2. The molecule has 94 valence electrons. The third-order valence-corrected chi connectivity index (χ3v) is 2.73. The van der Waals surface area contributed by atoms with Crippen LogP contribution in [0.3, 0.4) is 0 Å². The Bertz CT molecular complexity index is 355. The van der Waals surface area contributed by atoms with Gasteiger partial charge in [0.1, 0.15) is 0 Å². The molecule has 1 aromatic rings. The summed E-state index contributed by atoms with van der Waals surface area (Å²) in [5.41, 5.74) is 0.869. The van der Waals surface area contributed by atoms with E-state index in [1.54, 1.807) is 6.07 Å². The van der Waals surface area contributed by atoms with Gasteiger partial charge in [0.2, 0.25) is 5.91 Å². The van der Waals surface area contributed by atoms with E-state index >= 15 is 0 Å². The zero-order valence-corrected chi connectivity index (χ0v) is 10.9. The van der Waals surface area contributed by atoms with Gasteiger partial charge in [-0.05, 0) is 24.6 Å². The van der Waals surface area contributed by atoms with Gasteiger partial charge in [-0.1, -0.05) is 36.7 Å². The maximum Gasteiger partial charge on any atom is 0.224 e. The third-order valence-electron chi connectivity index (χ3n) is 2.36. The Morgan fingerprint density at radius 2 is 2.00 bits per heavy atom. The molecule has 0 bridgehead atoms. The summed E-state index contributed by atoms with van der Waals surface area (Å²) in [5.74, 6) is 0.0106. The summed E-state index contributed by atoms with van der Waals surface area (Å²) in [6.45, 7) is 4.56. The lowest BCUT2D eigenvalue weighted by molar-refractivity contribution is -0.120.